The molecule has 4 fully saturated rings. The Morgan fingerprint density at radius 2 is 1.51 bits per heavy atom. The number of carbonyl (C=O) groups excluding carboxylic acids is 4. The smallest absolute Gasteiger partial charge is 0.316 e. The zero-order valence-corrected chi connectivity index (χ0v) is 20.8. The largest absolute Gasteiger partial charge is 0.426 e. The molecule has 0 spiro atoms. The molecule has 2 bridgehead atoms. The summed E-state index contributed by atoms with van der Waals surface area (Å²) in [6.07, 6.45) is 5.50. The third-order valence-corrected chi connectivity index (χ3v) is 8.93. The van der Waals surface area contributed by atoms with E-state index in [2.05, 4.69) is 12.2 Å². The second kappa shape index (κ2) is 7.88. The predicted octanol–water partition coefficient (Wildman–Crippen LogP) is 3.82. The van der Waals surface area contributed by atoms with Gasteiger partial charge in [0.05, 0.1) is 23.4 Å². The Hall–Kier alpha value is -3.74. The number of benzene rings is 2. The fourth-order valence-electron chi connectivity index (χ4n) is 7.32. The van der Waals surface area contributed by atoms with Crippen molar-refractivity contribution in [1.82, 2.24) is 0 Å². The average molecular weight is 497 g/mol. The molecule has 2 saturated heterocycles. The summed E-state index contributed by atoms with van der Waals surface area (Å²) in [6, 6.07) is 12.5. The Morgan fingerprint density at radius 1 is 0.865 bits per heavy atom. The van der Waals surface area contributed by atoms with E-state index in [9.17, 15) is 19.2 Å². The number of hydrogen-bond acceptors (Lipinski definition) is 5. The number of esters is 1. The lowest BCUT2D eigenvalue weighted by molar-refractivity contribution is -0.139. The van der Waals surface area contributed by atoms with Crippen LogP contribution in [-0.2, 0) is 19.2 Å². The van der Waals surface area contributed by atoms with Crippen LogP contribution in [-0.4, -0.2) is 30.2 Å². The summed E-state index contributed by atoms with van der Waals surface area (Å²) in [5.74, 6) is -0.396. The first-order valence-electron chi connectivity index (χ1n) is 13.1. The van der Waals surface area contributed by atoms with E-state index < -0.39 is 11.9 Å². The first-order valence-corrected chi connectivity index (χ1v) is 13.1. The van der Waals surface area contributed by atoms with Gasteiger partial charge in [0.1, 0.15) is 5.75 Å². The van der Waals surface area contributed by atoms with Gasteiger partial charge in [-0.2, -0.15) is 0 Å². The summed E-state index contributed by atoms with van der Waals surface area (Å²) < 4.78 is 5.67. The van der Waals surface area contributed by atoms with Crippen molar-refractivity contribution in [3.8, 4) is 5.75 Å². The van der Waals surface area contributed by atoms with Crippen molar-refractivity contribution in [2.45, 2.75) is 26.7 Å². The fraction of sp³-hybridized carbons (Fsp3) is 0.400. The highest BCUT2D eigenvalue weighted by Gasteiger charge is 2.67. The summed E-state index contributed by atoms with van der Waals surface area (Å²) in [5, 5.41) is 0. The molecule has 7 unspecified atom stereocenters. The van der Waals surface area contributed by atoms with E-state index in [1.807, 2.05) is 32.0 Å². The first-order chi connectivity index (χ1) is 17.8. The van der Waals surface area contributed by atoms with Crippen molar-refractivity contribution in [3.63, 3.8) is 0 Å². The summed E-state index contributed by atoms with van der Waals surface area (Å²) in [4.78, 5) is 55.5. The van der Waals surface area contributed by atoms with Crippen molar-refractivity contribution in [2.24, 2.45) is 41.4 Å². The van der Waals surface area contributed by atoms with Crippen LogP contribution in [0.25, 0.3) is 0 Å². The van der Waals surface area contributed by atoms with Gasteiger partial charge in [0.2, 0.25) is 17.7 Å². The normalized spacial score (nSPS) is 33.1. The molecule has 7 heteroatoms. The van der Waals surface area contributed by atoms with E-state index in [-0.39, 0.29) is 60.1 Å². The Balaban J connectivity index is 1.08. The van der Waals surface area contributed by atoms with Gasteiger partial charge in [-0.1, -0.05) is 24.3 Å². The topological polar surface area (TPSA) is 84.0 Å². The van der Waals surface area contributed by atoms with Gasteiger partial charge in [-0.3, -0.25) is 19.2 Å². The van der Waals surface area contributed by atoms with Crippen LogP contribution in [0.1, 0.15) is 24.0 Å². The number of amides is 3. The number of aryl methyl sites for hydroxylation is 2. The monoisotopic (exact) mass is 496 g/mol. The zero-order chi connectivity index (χ0) is 25.6. The number of imide groups is 1. The van der Waals surface area contributed by atoms with Crippen LogP contribution in [0.3, 0.4) is 0 Å². The van der Waals surface area contributed by atoms with Gasteiger partial charge < -0.3 is 9.64 Å². The molecule has 2 heterocycles. The number of hydrogen-bond donors (Lipinski definition) is 0. The van der Waals surface area contributed by atoms with E-state index >= 15 is 0 Å². The van der Waals surface area contributed by atoms with Gasteiger partial charge in [0.25, 0.3) is 0 Å². The quantitative estimate of drug-likeness (QED) is 0.278. The van der Waals surface area contributed by atoms with Crippen molar-refractivity contribution >= 4 is 35.1 Å². The third-order valence-electron chi connectivity index (χ3n) is 8.93. The number of ether oxygens (including phenoxy) is 1. The highest BCUT2D eigenvalue weighted by Crippen LogP contribution is 2.65. The number of anilines is 2. The standard InChI is InChI=1S/C30H28N2O5/c1-15-8-16(2)10-19(9-15)31-14-17(11-25(31)33)30(36)37-20-5-3-4-18(12-20)32-28(34)26-21-6-7-22(24-13-23(21)24)27(26)29(32)35/h3-10,12,17,21-24,26-27H,11,13-14H2,1-2H3. The highest BCUT2D eigenvalue weighted by atomic mass is 16.5. The van der Waals surface area contributed by atoms with Gasteiger partial charge in [0.15, 0.2) is 0 Å². The molecule has 2 aliphatic heterocycles. The van der Waals surface area contributed by atoms with E-state index in [1.54, 1.807) is 29.2 Å². The van der Waals surface area contributed by atoms with Crippen molar-refractivity contribution in [1.29, 1.82) is 0 Å². The molecule has 3 amide bonds. The lowest BCUT2D eigenvalue weighted by atomic mass is 9.63. The Morgan fingerprint density at radius 3 is 2.16 bits per heavy atom. The van der Waals surface area contributed by atoms with Crippen LogP contribution in [0.5, 0.6) is 5.75 Å². The first kappa shape index (κ1) is 22.5. The molecule has 8 rings (SSSR count). The molecule has 2 saturated carbocycles. The van der Waals surface area contributed by atoms with E-state index in [1.165, 1.54) is 4.90 Å². The summed E-state index contributed by atoms with van der Waals surface area (Å²) in [6.45, 7) is 4.21. The van der Waals surface area contributed by atoms with Crippen LogP contribution in [0.4, 0.5) is 11.4 Å². The van der Waals surface area contributed by atoms with E-state index in [0.717, 1.165) is 23.2 Å². The second-order valence-electron chi connectivity index (χ2n) is 11.3. The van der Waals surface area contributed by atoms with Gasteiger partial charge in [-0.05, 0) is 79.3 Å². The van der Waals surface area contributed by atoms with Gasteiger partial charge >= 0.3 is 5.97 Å². The molecule has 2 aromatic rings. The zero-order valence-electron chi connectivity index (χ0n) is 20.8. The summed E-state index contributed by atoms with van der Waals surface area (Å²) >= 11 is 0. The lowest BCUT2D eigenvalue weighted by Crippen LogP contribution is -2.40. The number of allylic oxidation sites excluding steroid dienone is 2. The van der Waals surface area contributed by atoms with Crippen LogP contribution in [0.2, 0.25) is 0 Å². The summed E-state index contributed by atoms with van der Waals surface area (Å²) in [5.41, 5.74) is 3.32. The number of rotatable bonds is 4. The molecule has 4 aliphatic carbocycles. The van der Waals surface area contributed by atoms with Crippen molar-refractivity contribution < 1.29 is 23.9 Å². The Kier molecular flexibility index (Phi) is 4.78. The minimum Gasteiger partial charge on any atom is -0.426 e. The molecular formula is C30H28N2O5. The van der Waals surface area contributed by atoms with Gasteiger partial charge in [-0.25, -0.2) is 4.90 Å². The molecule has 188 valence electrons. The number of nitrogens with zero attached hydrogens (tertiary/aromatic N) is 2. The van der Waals surface area contributed by atoms with Crippen LogP contribution in [0.15, 0.2) is 54.6 Å². The van der Waals surface area contributed by atoms with Crippen LogP contribution in [0, 0.1) is 55.3 Å². The third kappa shape index (κ3) is 3.40. The fourth-order valence-corrected chi connectivity index (χ4v) is 7.32. The molecule has 2 aromatic carbocycles. The minimum atomic E-state index is -0.594. The minimum absolute atomic E-state index is 0.0794. The molecule has 37 heavy (non-hydrogen) atoms. The maximum Gasteiger partial charge on any atom is 0.316 e. The molecule has 7 nitrogen and oxygen atoms in total. The SMILES string of the molecule is Cc1cc(C)cc(N2CC(C(=O)Oc3cccc(N4C(=O)C5C6C=CC(C7CC67)C5C4=O)c3)CC2=O)c1. The van der Waals surface area contributed by atoms with Crippen LogP contribution >= 0.6 is 0 Å². The number of carbonyl (C=O) groups is 4. The summed E-state index contributed by atoms with van der Waals surface area (Å²) in [7, 11) is 0. The Bertz CT molecular complexity index is 1360. The second-order valence-corrected chi connectivity index (χ2v) is 11.3. The predicted molar refractivity (Wildman–Crippen MR) is 136 cm³/mol. The van der Waals surface area contributed by atoms with E-state index in [0.29, 0.717) is 17.5 Å². The molecule has 6 aliphatic rings. The maximum atomic E-state index is 13.4. The molecular weight excluding hydrogens is 468 g/mol. The lowest BCUT2D eigenvalue weighted by Gasteiger charge is -2.37. The van der Waals surface area contributed by atoms with Gasteiger partial charge in [0, 0.05) is 24.7 Å². The molecule has 0 radical (unpaired) electrons. The Labute approximate surface area is 215 Å². The molecule has 7 atom stereocenters. The van der Waals surface area contributed by atoms with Crippen molar-refractivity contribution in [2.75, 3.05) is 16.3 Å². The van der Waals surface area contributed by atoms with E-state index in [4.69, 9.17) is 4.74 Å². The van der Waals surface area contributed by atoms with Crippen LogP contribution < -0.4 is 14.5 Å². The van der Waals surface area contributed by atoms with Gasteiger partial charge in [-0.15, -0.1) is 0 Å². The highest BCUT2D eigenvalue weighted by molar-refractivity contribution is 6.22. The molecule has 0 N–H and O–H groups in total. The van der Waals surface area contributed by atoms with Crippen molar-refractivity contribution in [3.05, 3.63) is 65.7 Å². The molecule has 0 aromatic heterocycles. The average Bonchev–Trinajstić information content (AvgIpc) is 3.53. The maximum absolute atomic E-state index is 13.4.